The van der Waals surface area contributed by atoms with Crippen LogP contribution in [0, 0.1) is 17.8 Å². The van der Waals surface area contributed by atoms with E-state index in [0.717, 1.165) is 64.0 Å². The molecule has 0 unspecified atom stereocenters. The Balaban J connectivity index is 1.73. The molecule has 0 spiro atoms. The minimum Gasteiger partial charge on any atom is -0.383 e. The fourth-order valence-corrected chi connectivity index (χ4v) is 6.15. The van der Waals surface area contributed by atoms with Crippen LogP contribution in [0.1, 0.15) is 59.2 Å². The van der Waals surface area contributed by atoms with Gasteiger partial charge in [-0.2, -0.15) is 0 Å². The Hall–Kier alpha value is -1.77. The van der Waals surface area contributed by atoms with E-state index < -0.39 is 5.54 Å². The molecule has 3 heterocycles. The molecule has 0 saturated carbocycles. The third-order valence-corrected chi connectivity index (χ3v) is 8.00. The molecule has 2 aliphatic rings. The van der Waals surface area contributed by atoms with Gasteiger partial charge in [0.05, 0.1) is 12.6 Å². The highest BCUT2D eigenvalue weighted by molar-refractivity contribution is 5.87. The van der Waals surface area contributed by atoms with Gasteiger partial charge in [0.1, 0.15) is 17.6 Å². The molecule has 2 saturated heterocycles. The number of piperidine rings is 1. The maximum Gasteiger partial charge on any atom is 0.240 e. The summed E-state index contributed by atoms with van der Waals surface area (Å²) < 4.78 is 7.42. The smallest absolute Gasteiger partial charge is 0.240 e. The lowest BCUT2D eigenvalue weighted by molar-refractivity contribution is -0.156. The van der Waals surface area contributed by atoms with Crippen LogP contribution in [0.5, 0.6) is 0 Å². The summed E-state index contributed by atoms with van der Waals surface area (Å²) in [6.45, 7) is 13.9. The number of aryl methyl sites for hydroxylation is 1. The van der Waals surface area contributed by atoms with Crippen LogP contribution >= 0.6 is 0 Å². The Kier molecular flexibility index (Phi) is 10.5. The zero-order chi connectivity index (χ0) is 26.3. The van der Waals surface area contributed by atoms with Crippen LogP contribution in [-0.4, -0.2) is 101 Å². The summed E-state index contributed by atoms with van der Waals surface area (Å²) in [4.78, 5) is 38.0. The Morgan fingerprint density at radius 1 is 1.14 bits per heavy atom. The SMILES string of the molecule is COCCN1CCN([C@](C=O)(CC(C)C)CN2CCC(Cc3nccn3C)CC2)C(=O)[C@@H]1CC(C)C. The van der Waals surface area contributed by atoms with Crippen molar-refractivity contribution in [1.29, 1.82) is 0 Å². The molecule has 3 rings (SSSR count). The lowest BCUT2D eigenvalue weighted by atomic mass is 9.84. The predicted molar refractivity (Wildman–Crippen MR) is 143 cm³/mol. The number of piperazine rings is 1. The van der Waals surface area contributed by atoms with E-state index in [0.29, 0.717) is 43.9 Å². The first-order valence-corrected chi connectivity index (χ1v) is 13.9. The number of carbonyl (C=O) groups is 2. The molecule has 8 nitrogen and oxygen atoms in total. The second-order valence-corrected chi connectivity index (χ2v) is 11.9. The first kappa shape index (κ1) is 28.8. The second kappa shape index (κ2) is 13.2. The van der Waals surface area contributed by atoms with Crippen LogP contribution in [0.25, 0.3) is 0 Å². The van der Waals surface area contributed by atoms with E-state index in [1.54, 1.807) is 7.11 Å². The molecule has 8 heteroatoms. The van der Waals surface area contributed by atoms with Gasteiger partial charge in [-0.15, -0.1) is 0 Å². The van der Waals surface area contributed by atoms with Crippen molar-refractivity contribution in [2.24, 2.45) is 24.8 Å². The van der Waals surface area contributed by atoms with Crippen LogP contribution in [0.3, 0.4) is 0 Å². The Bertz CT molecular complexity index is 833. The van der Waals surface area contributed by atoms with Crippen LogP contribution in [-0.2, 0) is 27.8 Å². The fraction of sp³-hybridized carbons (Fsp3) is 0.821. The van der Waals surface area contributed by atoms with Crippen molar-refractivity contribution in [1.82, 2.24) is 24.3 Å². The van der Waals surface area contributed by atoms with E-state index in [1.165, 1.54) is 0 Å². The molecule has 0 radical (unpaired) electrons. The van der Waals surface area contributed by atoms with Crippen LogP contribution in [0.2, 0.25) is 0 Å². The molecule has 1 amide bonds. The largest absolute Gasteiger partial charge is 0.383 e. The Morgan fingerprint density at radius 3 is 2.42 bits per heavy atom. The summed E-state index contributed by atoms with van der Waals surface area (Å²) in [5, 5.41) is 0. The molecular weight excluding hydrogens is 454 g/mol. The maximum absolute atomic E-state index is 14.0. The highest BCUT2D eigenvalue weighted by Gasteiger charge is 2.47. The lowest BCUT2D eigenvalue weighted by Gasteiger charge is -2.50. The van der Waals surface area contributed by atoms with Gasteiger partial charge in [-0.25, -0.2) is 4.98 Å². The van der Waals surface area contributed by atoms with Crippen molar-refractivity contribution < 1.29 is 14.3 Å². The lowest BCUT2D eigenvalue weighted by Crippen LogP contribution is -2.68. The summed E-state index contributed by atoms with van der Waals surface area (Å²) in [6.07, 6.45) is 9.66. The normalized spacial score (nSPS) is 22.5. The van der Waals surface area contributed by atoms with Gasteiger partial charge in [0.15, 0.2) is 0 Å². The average molecular weight is 504 g/mol. The van der Waals surface area contributed by atoms with Crippen LogP contribution in [0.15, 0.2) is 12.4 Å². The summed E-state index contributed by atoms with van der Waals surface area (Å²) in [5.41, 5.74) is -0.777. The van der Waals surface area contributed by atoms with E-state index in [2.05, 4.69) is 54.1 Å². The first-order valence-electron chi connectivity index (χ1n) is 13.9. The summed E-state index contributed by atoms with van der Waals surface area (Å²) >= 11 is 0. The van der Waals surface area contributed by atoms with Crippen LogP contribution < -0.4 is 0 Å². The van der Waals surface area contributed by atoms with Gasteiger partial charge in [0, 0.05) is 59.2 Å². The Labute approximate surface area is 218 Å². The second-order valence-electron chi connectivity index (χ2n) is 11.9. The van der Waals surface area contributed by atoms with Gasteiger partial charge in [0.25, 0.3) is 0 Å². The molecule has 1 aromatic rings. The van der Waals surface area contributed by atoms with Crippen molar-refractivity contribution in [3.63, 3.8) is 0 Å². The number of imidazole rings is 1. The minimum absolute atomic E-state index is 0.114. The standard InChI is InChI=1S/C28H49N5O3/c1-22(2)17-25-27(35)33(14-13-32(25)15-16-36-6)28(21-34,19-23(3)4)20-31-10-7-24(8-11-31)18-26-29-9-12-30(26)5/h9,12,21-25H,7-8,10-11,13-20H2,1-6H3/t25-,28+/m0/s1. The fourth-order valence-electron chi connectivity index (χ4n) is 6.15. The summed E-state index contributed by atoms with van der Waals surface area (Å²) in [6, 6.07) is -0.191. The maximum atomic E-state index is 14.0. The molecule has 204 valence electrons. The molecule has 0 aliphatic carbocycles. The summed E-state index contributed by atoms with van der Waals surface area (Å²) in [7, 11) is 3.76. The van der Waals surface area contributed by atoms with Gasteiger partial charge in [-0.05, 0) is 56.5 Å². The quantitative estimate of drug-likeness (QED) is 0.386. The monoisotopic (exact) mass is 503 g/mol. The average Bonchev–Trinajstić information content (AvgIpc) is 3.23. The number of carbonyl (C=O) groups excluding carboxylic acids is 2. The number of aromatic nitrogens is 2. The molecule has 2 fully saturated rings. The van der Waals surface area contributed by atoms with E-state index in [9.17, 15) is 9.59 Å². The third kappa shape index (κ3) is 7.17. The van der Waals surface area contributed by atoms with Crippen molar-refractivity contribution in [2.75, 3.05) is 53.0 Å². The Morgan fingerprint density at radius 2 is 1.86 bits per heavy atom. The number of methoxy groups -OCH3 is 1. The van der Waals surface area contributed by atoms with Gasteiger partial charge in [0.2, 0.25) is 5.91 Å². The van der Waals surface area contributed by atoms with E-state index in [4.69, 9.17) is 4.74 Å². The topological polar surface area (TPSA) is 70.9 Å². The highest BCUT2D eigenvalue weighted by Crippen LogP contribution is 2.31. The van der Waals surface area contributed by atoms with E-state index in [-0.39, 0.29) is 11.9 Å². The summed E-state index contributed by atoms with van der Waals surface area (Å²) in [5.74, 6) is 2.59. The number of hydrogen-bond donors (Lipinski definition) is 0. The third-order valence-electron chi connectivity index (χ3n) is 8.00. The molecule has 0 bridgehead atoms. The zero-order valence-corrected chi connectivity index (χ0v) is 23.5. The number of aldehydes is 1. The number of likely N-dealkylation sites (tertiary alicyclic amines) is 1. The molecule has 2 atom stereocenters. The van der Waals surface area contributed by atoms with Crippen molar-refractivity contribution in [2.45, 2.75) is 71.4 Å². The minimum atomic E-state index is -0.777. The molecular formula is C28H49N5O3. The first-order chi connectivity index (χ1) is 17.2. The molecule has 0 N–H and O–H groups in total. The molecule has 0 aromatic carbocycles. The van der Waals surface area contributed by atoms with Gasteiger partial charge < -0.3 is 23.9 Å². The van der Waals surface area contributed by atoms with Crippen molar-refractivity contribution in [3.05, 3.63) is 18.2 Å². The van der Waals surface area contributed by atoms with E-state index in [1.807, 2.05) is 17.3 Å². The van der Waals surface area contributed by atoms with Gasteiger partial charge in [-0.1, -0.05) is 27.7 Å². The van der Waals surface area contributed by atoms with Gasteiger partial charge >= 0.3 is 0 Å². The number of nitrogens with zero attached hydrogens (tertiary/aromatic N) is 5. The predicted octanol–water partition coefficient (Wildman–Crippen LogP) is 2.86. The molecule has 36 heavy (non-hydrogen) atoms. The van der Waals surface area contributed by atoms with Crippen molar-refractivity contribution >= 4 is 12.2 Å². The van der Waals surface area contributed by atoms with Gasteiger partial charge in [-0.3, -0.25) is 9.69 Å². The molecule has 2 aliphatic heterocycles. The highest BCUT2D eigenvalue weighted by atomic mass is 16.5. The van der Waals surface area contributed by atoms with Crippen LogP contribution in [0.4, 0.5) is 0 Å². The zero-order valence-electron chi connectivity index (χ0n) is 23.5. The number of rotatable bonds is 13. The molecule has 1 aromatic heterocycles. The van der Waals surface area contributed by atoms with Crippen molar-refractivity contribution in [3.8, 4) is 0 Å². The van der Waals surface area contributed by atoms with E-state index >= 15 is 0 Å². The number of amides is 1. The number of hydrogen-bond acceptors (Lipinski definition) is 6. The number of ether oxygens (including phenoxy) is 1.